The van der Waals surface area contributed by atoms with Gasteiger partial charge in [-0.1, -0.05) is 0 Å². The van der Waals surface area contributed by atoms with Crippen molar-refractivity contribution in [1.29, 1.82) is 0 Å². The first-order valence-electron chi connectivity index (χ1n) is 8.15. The first-order chi connectivity index (χ1) is 11.7. The average Bonchev–Trinajstić information content (AvgIpc) is 2.97. The van der Waals surface area contributed by atoms with E-state index in [4.69, 9.17) is 0 Å². The lowest BCUT2D eigenvalue weighted by Gasteiger charge is -2.33. The zero-order valence-electron chi connectivity index (χ0n) is 13.8. The van der Waals surface area contributed by atoms with Gasteiger partial charge < -0.3 is 10.2 Å². The first-order valence-corrected chi connectivity index (χ1v) is 8.15. The summed E-state index contributed by atoms with van der Waals surface area (Å²) in [5.74, 6) is 2.38. The first kappa shape index (κ1) is 14.8. The Morgan fingerprint density at radius 1 is 1.21 bits per heavy atom. The van der Waals surface area contributed by atoms with Crippen molar-refractivity contribution < 1.29 is 0 Å². The summed E-state index contributed by atoms with van der Waals surface area (Å²) in [5, 5.41) is 8.83. The standard InChI is InChI=1S/C16H20N8/c1-11-20-14(13-9-19-23(2)15(13)21-11)22-12-5-3-8-24(10-12)16-17-6-4-7-18-16/h4,6-7,9,12H,3,5,8,10H2,1-2H3,(H,20,21,22). The third kappa shape index (κ3) is 2.75. The third-order valence-corrected chi connectivity index (χ3v) is 4.30. The van der Waals surface area contributed by atoms with E-state index in [2.05, 4.69) is 35.3 Å². The van der Waals surface area contributed by atoms with Crippen molar-refractivity contribution in [2.24, 2.45) is 7.05 Å². The van der Waals surface area contributed by atoms with E-state index in [0.717, 1.165) is 54.6 Å². The monoisotopic (exact) mass is 324 g/mol. The Morgan fingerprint density at radius 2 is 2.04 bits per heavy atom. The van der Waals surface area contributed by atoms with Gasteiger partial charge in [0.05, 0.1) is 11.6 Å². The lowest BCUT2D eigenvalue weighted by molar-refractivity contribution is 0.522. The van der Waals surface area contributed by atoms with Crippen molar-refractivity contribution in [3.8, 4) is 0 Å². The van der Waals surface area contributed by atoms with Crippen LogP contribution in [0.1, 0.15) is 18.7 Å². The molecule has 3 aromatic rings. The highest BCUT2D eigenvalue weighted by Crippen LogP contribution is 2.23. The van der Waals surface area contributed by atoms with Gasteiger partial charge in [-0.15, -0.1) is 0 Å². The van der Waals surface area contributed by atoms with E-state index in [0.29, 0.717) is 6.04 Å². The second kappa shape index (κ2) is 6.03. The Hall–Kier alpha value is -2.77. The molecule has 1 aliphatic rings. The molecule has 8 nitrogen and oxygen atoms in total. The predicted molar refractivity (Wildman–Crippen MR) is 91.9 cm³/mol. The van der Waals surface area contributed by atoms with Crippen LogP contribution in [0.4, 0.5) is 11.8 Å². The zero-order valence-corrected chi connectivity index (χ0v) is 13.8. The molecule has 0 bridgehead atoms. The highest BCUT2D eigenvalue weighted by atomic mass is 15.3. The van der Waals surface area contributed by atoms with Gasteiger partial charge in [0.2, 0.25) is 5.95 Å². The van der Waals surface area contributed by atoms with Crippen LogP contribution in [0.15, 0.2) is 24.7 Å². The molecule has 1 saturated heterocycles. The Kier molecular flexibility index (Phi) is 3.72. The largest absolute Gasteiger partial charge is 0.365 e. The maximum atomic E-state index is 4.58. The Balaban J connectivity index is 1.57. The summed E-state index contributed by atoms with van der Waals surface area (Å²) in [6.45, 7) is 3.74. The number of aromatic nitrogens is 6. The molecule has 0 saturated carbocycles. The third-order valence-electron chi connectivity index (χ3n) is 4.30. The van der Waals surface area contributed by atoms with E-state index >= 15 is 0 Å². The quantitative estimate of drug-likeness (QED) is 0.782. The predicted octanol–water partition coefficient (Wildman–Crippen LogP) is 1.54. The van der Waals surface area contributed by atoms with Gasteiger partial charge in [-0.25, -0.2) is 19.9 Å². The molecule has 1 unspecified atom stereocenters. The van der Waals surface area contributed by atoms with E-state index in [9.17, 15) is 0 Å². The number of anilines is 2. The number of piperidine rings is 1. The van der Waals surface area contributed by atoms with Crippen molar-refractivity contribution in [1.82, 2.24) is 29.7 Å². The maximum absolute atomic E-state index is 4.58. The Morgan fingerprint density at radius 3 is 2.88 bits per heavy atom. The number of hydrogen-bond acceptors (Lipinski definition) is 7. The second-order valence-electron chi connectivity index (χ2n) is 6.10. The molecule has 8 heteroatoms. The minimum Gasteiger partial charge on any atom is -0.365 e. The number of nitrogens with one attached hydrogen (secondary N) is 1. The molecule has 24 heavy (non-hydrogen) atoms. The van der Waals surface area contributed by atoms with Crippen LogP contribution in [-0.2, 0) is 7.05 Å². The molecule has 4 heterocycles. The Bertz CT molecular complexity index is 844. The normalized spacial score (nSPS) is 18.1. The van der Waals surface area contributed by atoms with Crippen LogP contribution in [-0.4, -0.2) is 48.8 Å². The van der Waals surface area contributed by atoms with E-state index in [-0.39, 0.29) is 0 Å². The molecule has 3 aromatic heterocycles. The number of aryl methyl sites for hydroxylation is 2. The average molecular weight is 324 g/mol. The summed E-state index contributed by atoms with van der Waals surface area (Å²) in [6, 6.07) is 2.13. The highest BCUT2D eigenvalue weighted by Gasteiger charge is 2.23. The van der Waals surface area contributed by atoms with Gasteiger partial charge >= 0.3 is 0 Å². The summed E-state index contributed by atoms with van der Waals surface area (Å²) < 4.78 is 1.78. The van der Waals surface area contributed by atoms with Crippen LogP contribution in [0.5, 0.6) is 0 Å². The van der Waals surface area contributed by atoms with Crippen LogP contribution >= 0.6 is 0 Å². The number of nitrogens with zero attached hydrogens (tertiary/aromatic N) is 7. The summed E-state index contributed by atoms with van der Waals surface area (Å²) in [6.07, 6.45) is 7.57. The van der Waals surface area contributed by atoms with Crippen molar-refractivity contribution in [2.75, 3.05) is 23.3 Å². The molecule has 0 spiro atoms. The van der Waals surface area contributed by atoms with Gasteiger partial charge in [-0.05, 0) is 25.8 Å². The van der Waals surface area contributed by atoms with Gasteiger partial charge in [0.15, 0.2) is 5.65 Å². The van der Waals surface area contributed by atoms with Gasteiger partial charge in [0, 0.05) is 38.6 Å². The lowest BCUT2D eigenvalue weighted by atomic mass is 10.1. The topological polar surface area (TPSA) is 84.7 Å². The molecule has 1 aliphatic heterocycles. The maximum Gasteiger partial charge on any atom is 0.225 e. The molecule has 0 amide bonds. The molecular formula is C16H20N8. The summed E-state index contributed by atoms with van der Waals surface area (Å²) in [7, 11) is 1.90. The van der Waals surface area contributed by atoms with Gasteiger partial charge in [0.25, 0.3) is 0 Å². The SMILES string of the molecule is Cc1nc(NC2CCCN(c3ncccn3)C2)c2cnn(C)c2n1. The zero-order chi connectivity index (χ0) is 16.5. The van der Waals surface area contributed by atoms with Gasteiger partial charge in [-0.2, -0.15) is 5.10 Å². The summed E-state index contributed by atoms with van der Waals surface area (Å²) >= 11 is 0. The fourth-order valence-electron chi connectivity index (χ4n) is 3.17. The molecule has 4 rings (SSSR count). The number of fused-ring (bicyclic) bond motifs is 1. The van der Waals surface area contributed by atoms with Crippen molar-refractivity contribution in [3.05, 3.63) is 30.5 Å². The van der Waals surface area contributed by atoms with Crippen molar-refractivity contribution >= 4 is 22.8 Å². The van der Waals surface area contributed by atoms with Crippen LogP contribution in [0, 0.1) is 6.92 Å². The smallest absolute Gasteiger partial charge is 0.225 e. The Labute approximate surface area is 140 Å². The van der Waals surface area contributed by atoms with Crippen LogP contribution in [0.25, 0.3) is 11.0 Å². The molecule has 1 atom stereocenters. The lowest BCUT2D eigenvalue weighted by Crippen LogP contribution is -2.43. The minimum absolute atomic E-state index is 0.292. The van der Waals surface area contributed by atoms with Crippen LogP contribution < -0.4 is 10.2 Å². The molecule has 0 radical (unpaired) electrons. The molecule has 0 aromatic carbocycles. The van der Waals surface area contributed by atoms with Crippen molar-refractivity contribution in [3.63, 3.8) is 0 Å². The molecule has 1 N–H and O–H groups in total. The molecule has 0 aliphatic carbocycles. The van der Waals surface area contributed by atoms with Crippen molar-refractivity contribution in [2.45, 2.75) is 25.8 Å². The van der Waals surface area contributed by atoms with E-state index < -0.39 is 0 Å². The summed E-state index contributed by atoms with van der Waals surface area (Å²) in [5.41, 5.74) is 0.851. The van der Waals surface area contributed by atoms with E-state index in [1.54, 1.807) is 17.1 Å². The van der Waals surface area contributed by atoms with Gasteiger partial charge in [0.1, 0.15) is 11.6 Å². The van der Waals surface area contributed by atoms with Crippen LogP contribution in [0.3, 0.4) is 0 Å². The molecular weight excluding hydrogens is 304 g/mol. The van der Waals surface area contributed by atoms with Gasteiger partial charge in [-0.3, -0.25) is 4.68 Å². The van der Waals surface area contributed by atoms with E-state index in [1.165, 1.54) is 0 Å². The fourth-order valence-corrected chi connectivity index (χ4v) is 3.17. The number of hydrogen-bond donors (Lipinski definition) is 1. The second-order valence-corrected chi connectivity index (χ2v) is 6.10. The number of rotatable bonds is 3. The van der Waals surface area contributed by atoms with Crippen LogP contribution in [0.2, 0.25) is 0 Å². The molecule has 1 fully saturated rings. The summed E-state index contributed by atoms with van der Waals surface area (Å²) in [4.78, 5) is 20.0. The fraction of sp³-hybridized carbons (Fsp3) is 0.438. The molecule has 124 valence electrons. The minimum atomic E-state index is 0.292. The highest BCUT2D eigenvalue weighted by molar-refractivity contribution is 5.86. The van der Waals surface area contributed by atoms with E-state index in [1.807, 2.05) is 26.2 Å².